The van der Waals surface area contributed by atoms with E-state index in [1.165, 1.54) is 23.9 Å². The van der Waals surface area contributed by atoms with E-state index in [2.05, 4.69) is 6.07 Å². The maximum atomic E-state index is 14.8. The van der Waals surface area contributed by atoms with Gasteiger partial charge in [-0.1, -0.05) is 24.3 Å². The number of carbonyl (C=O) groups is 1. The van der Waals surface area contributed by atoms with Crippen molar-refractivity contribution in [3.63, 3.8) is 0 Å². The lowest BCUT2D eigenvalue weighted by Gasteiger charge is -2.45. The van der Waals surface area contributed by atoms with Gasteiger partial charge >= 0.3 is 0 Å². The number of nitrogens with zero attached hydrogens (tertiary/aromatic N) is 2. The third kappa shape index (κ3) is 3.41. The fourth-order valence-corrected chi connectivity index (χ4v) is 5.23. The Morgan fingerprint density at radius 1 is 1.31 bits per heavy atom. The molecular formula is C21H17F2N3O2S. The molecule has 5 nitrogen and oxygen atoms in total. The van der Waals surface area contributed by atoms with Crippen LogP contribution < -0.4 is 5.73 Å². The molecule has 4 rings (SSSR count). The first kappa shape index (κ1) is 19.6. The Balaban J connectivity index is 1.89. The van der Waals surface area contributed by atoms with Crippen LogP contribution in [0.1, 0.15) is 27.9 Å². The fraction of sp³-hybridized carbons (Fsp3) is 0.286. The second-order valence-corrected chi connectivity index (χ2v) is 8.06. The molecule has 1 fully saturated rings. The average Bonchev–Trinajstić information content (AvgIpc) is 2.72. The van der Waals surface area contributed by atoms with Crippen molar-refractivity contribution in [1.29, 1.82) is 5.26 Å². The Labute approximate surface area is 170 Å². The predicted molar refractivity (Wildman–Crippen MR) is 105 cm³/mol. The van der Waals surface area contributed by atoms with Crippen molar-refractivity contribution in [3.8, 4) is 6.07 Å². The van der Waals surface area contributed by atoms with Crippen LogP contribution in [-0.4, -0.2) is 29.4 Å². The number of aliphatic imine (C=N–C) groups is 1. The van der Waals surface area contributed by atoms with Gasteiger partial charge in [0, 0.05) is 34.4 Å². The van der Waals surface area contributed by atoms with E-state index in [-0.39, 0.29) is 18.1 Å². The summed E-state index contributed by atoms with van der Waals surface area (Å²) in [6.07, 6.45) is -0.221. The zero-order chi connectivity index (χ0) is 20.6. The number of hydrogen-bond acceptors (Lipinski definition) is 5. The highest BCUT2D eigenvalue weighted by Crippen LogP contribution is 2.48. The largest absolute Gasteiger partial charge is 0.366 e. The van der Waals surface area contributed by atoms with Crippen molar-refractivity contribution >= 4 is 22.7 Å². The van der Waals surface area contributed by atoms with Crippen molar-refractivity contribution in [2.24, 2.45) is 16.6 Å². The summed E-state index contributed by atoms with van der Waals surface area (Å²) in [7, 11) is 0. The molecule has 0 spiro atoms. The van der Waals surface area contributed by atoms with Crippen LogP contribution in [0.5, 0.6) is 0 Å². The zero-order valence-corrected chi connectivity index (χ0v) is 16.1. The number of benzene rings is 2. The minimum absolute atomic E-state index is 0.0127. The molecule has 3 atom stereocenters. The summed E-state index contributed by atoms with van der Waals surface area (Å²) in [6, 6.07) is 12.3. The summed E-state index contributed by atoms with van der Waals surface area (Å²) in [6.45, 7) is -0.0127. The molecular weight excluding hydrogens is 396 g/mol. The molecule has 0 aromatic heterocycles. The molecule has 0 radical (unpaired) electrons. The lowest BCUT2D eigenvalue weighted by Crippen LogP contribution is -2.49. The van der Waals surface area contributed by atoms with Crippen LogP contribution in [0.3, 0.4) is 0 Å². The van der Waals surface area contributed by atoms with E-state index in [0.717, 1.165) is 6.07 Å². The molecule has 2 aromatic rings. The Morgan fingerprint density at radius 2 is 2.10 bits per heavy atom. The maximum Gasteiger partial charge on any atom is 0.249 e. The molecule has 29 heavy (non-hydrogen) atoms. The molecule has 8 heteroatoms. The van der Waals surface area contributed by atoms with E-state index >= 15 is 0 Å². The van der Waals surface area contributed by atoms with Crippen molar-refractivity contribution in [3.05, 3.63) is 70.8 Å². The normalized spacial score (nSPS) is 26.2. The van der Waals surface area contributed by atoms with E-state index < -0.39 is 29.2 Å². The minimum Gasteiger partial charge on any atom is -0.366 e. The van der Waals surface area contributed by atoms with Gasteiger partial charge in [-0.2, -0.15) is 5.26 Å². The van der Waals surface area contributed by atoms with Gasteiger partial charge in [0.1, 0.15) is 23.3 Å². The van der Waals surface area contributed by atoms with Crippen molar-refractivity contribution < 1.29 is 18.3 Å². The van der Waals surface area contributed by atoms with Gasteiger partial charge in [-0.25, -0.2) is 8.78 Å². The molecule has 0 bridgehead atoms. The van der Waals surface area contributed by atoms with Crippen LogP contribution in [0.2, 0.25) is 0 Å². The van der Waals surface area contributed by atoms with Crippen molar-refractivity contribution in [2.45, 2.75) is 18.1 Å². The number of thioether (sulfide) groups is 1. The fourth-order valence-electron chi connectivity index (χ4n) is 3.90. The predicted octanol–water partition coefficient (Wildman–Crippen LogP) is 3.38. The van der Waals surface area contributed by atoms with Crippen LogP contribution in [0.15, 0.2) is 47.5 Å². The SMILES string of the molecule is N#C[C@H]1C[C@H]2CSC(c3ccccc3C(N)=O)=N[C@@]2(c2ccc(F)cc2F)CO1. The van der Waals surface area contributed by atoms with Gasteiger partial charge < -0.3 is 10.5 Å². The standard InChI is InChI=1S/C21H17F2N3O2S/c22-13-5-6-17(18(23)8-13)21-11-28-14(9-24)7-12(21)10-29-20(26-21)16-4-2-1-3-15(16)19(25)27/h1-6,8,12,14H,7,10-11H2,(H2,25,27)/t12-,14+,21-/m0/s1. The number of nitrogens with two attached hydrogens (primary N) is 1. The van der Waals surface area contributed by atoms with E-state index in [1.807, 2.05) is 0 Å². The molecule has 2 N–H and O–H groups in total. The molecule has 2 aliphatic rings. The number of ether oxygens (including phenoxy) is 1. The van der Waals surface area contributed by atoms with Crippen molar-refractivity contribution in [1.82, 2.24) is 0 Å². The lowest BCUT2D eigenvalue weighted by atomic mass is 9.75. The van der Waals surface area contributed by atoms with Crippen LogP contribution in [0.25, 0.3) is 0 Å². The average molecular weight is 413 g/mol. The highest BCUT2D eigenvalue weighted by atomic mass is 32.2. The lowest BCUT2D eigenvalue weighted by molar-refractivity contribution is -0.0307. The molecule has 148 valence electrons. The Hall–Kier alpha value is -2.76. The summed E-state index contributed by atoms with van der Waals surface area (Å²) < 4.78 is 34.0. The number of rotatable bonds is 3. The Kier molecular flexibility index (Phi) is 5.11. The van der Waals surface area contributed by atoms with Gasteiger partial charge in [0.05, 0.1) is 17.7 Å². The molecule has 0 unspecified atom stereocenters. The zero-order valence-electron chi connectivity index (χ0n) is 15.3. The quantitative estimate of drug-likeness (QED) is 0.836. The number of primary amides is 1. The molecule has 1 saturated heterocycles. The van der Waals surface area contributed by atoms with Gasteiger partial charge in [0.25, 0.3) is 0 Å². The first-order valence-corrected chi connectivity index (χ1v) is 10.0. The van der Waals surface area contributed by atoms with Gasteiger partial charge in [-0.15, -0.1) is 11.8 Å². The van der Waals surface area contributed by atoms with Gasteiger partial charge in [0.15, 0.2) is 0 Å². The summed E-state index contributed by atoms with van der Waals surface area (Å²) >= 11 is 1.43. The highest BCUT2D eigenvalue weighted by Gasteiger charge is 2.50. The van der Waals surface area contributed by atoms with Gasteiger partial charge in [-0.05, 0) is 18.6 Å². The van der Waals surface area contributed by atoms with Crippen LogP contribution in [-0.2, 0) is 10.3 Å². The first-order valence-electron chi connectivity index (χ1n) is 9.03. The number of amides is 1. The highest BCUT2D eigenvalue weighted by molar-refractivity contribution is 8.14. The Bertz CT molecular complexity index is 1050. The first-order chi connectivity index (χ1) is 13.9. The molecule has 2 aromatic carbocycles. The molecule has 0 aliphatic carbocycles. The smallest absolute Gasteiger partial charge is 0.249 e. The minimum atomic E-state index is -1.11. The monoisotopic (exact) mass is 413 g/mol. The second kappa shape index (κ2) is 7.58. The number of hydrogen-bond donors (Lipinski definition) is 1. The number of fused-ring (bicyclic) bond motifs is 1. The van der Waals surface area contributed by atoms with Gasteiger partial charge in [-0.3, -0.25) is 9.79 Å². The topological polar surface area (TPSA) is 88.5 Å². The Morgan fingerprint density at radius 3 is 2.83 bits per heavy atom. The molecule has 2 aliphatic heterocycles. The third-order valence-electron chi connectivity index (χ3n) is 5.37. The van der Waals surface area contributed by atoms with Crippen LogP contribution in [0, 0.1) is 28.9 Å². The third-order valence-corrected chi connectivity index (χ3v) is 6.52. The van der Waals surface area contributed by atoms with Crippen LogP contribution >= 0.6 is 11.8 Å². The van der Waals surface area contributed by atoms with Gasteiger partial charge in [0.2, 0.25) is 5.91 Å². The van der Waals surface area contributed by atoms with E-state index in [4.69, 9.17) is 15.5 Å². The number of nitriles is 1. The van der Waals surface area contributed by atoms with E-state index in [0.29, 0.717) is 28.3 Å². The summed E-state index contributed by atoms with van der Waals surface area (Å²) in [5.41, 5.74) is 5.49. The van der Waals surface area contributed by atoms with Crippen LogP contribution in [0.4, 0.5) is 8.78 Å². The molecule has 2 heterocycles. The molecule has 0 saturated carbocycles. The summed E-state index contributed by atoms with van der Waals surface area (Å²) in [5, 5.41) is 9.80. The maximum absolute atomic E-state index is 14.8. The molecule has 1 amide bonds. The van der Waals surface area contributed by atoms with Crippen molar-refractivity contribution in [2.75, 3.05) is 12.4 Å². The number of halogens is 2. The summed E-state index contributed by atoms with van der Waals surface area (Å²) in [5.74, 6) is -1.62. The number of carbonyl (C=O) groups excluding carboxylic acids is 1. The van der Waals surface area contributed by atoms with E-state index in [9.17, 15) is 18.8 Å². The van der Waals surface area contributed by atoms with E-state index in [1.54, 1.807) is 24.3 Å². The second-order valence-electron chi connectivity index (χ2n) is 7.05. The summed E-state index contributed by atoms with van der Waals surface area (Å²) in [4.78, 5) is 16.7.